The van der Waals surface area contributed by atoms with E-state index in [1.807, 2.05) is 41.2 Å². The van der Waals surface area contributed by atoms with Crippen LogP contribution in [0.5, 0.6) is 0 Å². The number of hydrogen-bond donors (Lipinski definition) is 2. The topological polar surface area (TPSA) is 70.4 Å². The lowest BCUT2D eigenvalue weighted by Gasteiger charge is -2.38. The first-order valence-electron chi connectivity index (χ1n) is 9.84. The van der Waals surface area contributed by atoms with Gasteiger partial charge in [0.05, 0.1) is 22.6 Å². The molecule has 3 aromatic rings. The number of imidazole rings is 1. The minimum absolute atomic E-state index is 0.626. The summed E-state index contributed by atoms with van der Waals surface area (Å²) in [6.07, 6.45) is 6.82. The zero-order valence-corrected chi connectivity index (χ0v) is 16.6. The summed E-state index contributed by atoms with van der Waals surface area (Å²) in [7, 11) is 0. The van der Waals surface area contributed by atoms with Gasteiger partial charge in [-0.3, -0.25) is 15.3 Å². The van der Waals surface area contributed by atoms with Crippen molar-refractivity contribution >= 4 is 23.2 Å². The van der Waals surface area contributed by atoms with Gasteiger partial charge in [-0.05, 0) is 42.4 Å². The van der Waals surface area contributed by atoms with E-state index in [2.05, 4.69) is 32.6 Å². The lowest BCUT2D eigenvalue weighted by molar-refractivity contribution is 0.262. The molecule has 0 amide bonds. The van der Waals surface area contributed by atoms with Crippen LogP contribution in [-0.4, -0.2) is 45.5 Å². The second kappa shape index (κ2) is 7.31. The van der Waals surface area contributed by atoms with Crippen LogP contribution in [0, 0.1) is 17.8 Å². The predicted octanol–water partition coefficient (Wildman–Crippen LogP) is 2.63. The maximum Gasteiger partial charge on any atom is 0.225 e. The van der Waals surface area contributed by atoms with E-state index in [1.54, 1.807) is 0 Å². The number of fused-ring (bicyclic) bond motifs is 1. The first-order chi connectivity index (χ1) is 13.7. The molecule has 0 aromatic carbocycles. The van der Waals surface area contributed by atoms with Crippen LogP contribution in [0.25, 0.3) is 17.0 Å². The summed E-state index contributed by atoms with van der Waals surface area (Å²) in [5.41, 5.74) is 9.17. The Labute approximate surface area is 169 Å². The van der Waals surface area contributed by atoms with Crippen LogP contribution in [0.4, 0.5) is 5.95 Å². The second-order valence-electron chi connectivity index (χ2n) is 7.99. The number of hydrazine groups is 1. The van der Waals surface area contributed by atoms with Gasteiger partial charge in [-0.25, -0.2) is 15.0 Å². The number of halogens is 1. The summed E-state index contributed by atoms with van der Waals surface area (Å²) in [4.78, 5) is 16.3. The fraction of sp³-hybridized carbons (Fsp3) is 0.450. The van der Waals surface area contributed by atoms with Gasteiger partial charge in [0, 0.05) is 38.6 Å². The fourth-order valence-electron chi connectivity index (χ4n) is 4.50. The summed E-state index contributed by atoms with van der Waals surface area (Å²) < 4.78 is 1.98. The maximum absolute atomic E-state index is 6.18. The van der Waals surface area contributed by atoms with Crippen molar-refractivity contribution in [2.45, 2.75) is 13.3 Å². The van der Waals surface area contributed by atoms with Crippen LogP contribution in [-0.2, 0) is 0 Å². The number of nitrogens with zero attached hydrogens (tertiary/aromatic N) is 5. The van der Waals surface area contributed by atoms with Crippen molar-refractivity contribution in [3.63, 3.8) is 0 Å². The van der Waals surface area contributed by atoms with Gasteiger partial charge in [0.1, 0.15) is 5.65 Å². The fourth-order valence-corrected chi connectivity index (χ4v) is 4.66. The van der Waals surface area contributed by atoms with E-state index in [0.29, 0.717) is 22.8 Å². The molecule has 0 aliphatic carbocycles. The van der Waals surface area contributed by atoms with E-state index in [1.165, 1.54) is 6.42 Å². The van der Waals surface area contributed by atoms with Crippen molar-refractivity contribution in [2.75, 3.05) is 31.1 Å². The molecule has 146 valence electrons. The zero-order chi connectivity index (χ0) is 19.1. The van der Waals surface area contributed by atoms with Crippen LogP contribution in [0.15, 0.2) is 36.8 Å². The van der Waals surface area contributed by atoms with Crippen LogP contribution in [0.1, 0.15) is 13.3 Å². The average molecular weight is 398 g/mol. The van der Waals surface area contributed by atoms with Gasteiger partial charge in [-0.1, -0.05) is 18.5 Å². The van der Waals surface area contributed by atoms with E-state index in [-0.39, 0.29) is 0 Å². The Morgan fingerprint density at radius 3 is 2.79 bits per heavy atom. The number of anilines is 1. The number of piperidine rings is 1. The Morgan fingerprint density at radius 2 is 1.93 bits per heavy atom. The van der Waals surface area contributed by atoms with Crippen LogP contribution in [0.2, 0.25) is 5.02 Å². The Bertz CT molecular complexity index is 982. The van der Waals surface area contributed by atoms with E-state index in [0.717, 1.165) is 49.2 Å². The van der Waals surface area contributed by atoms with Crippen molar-refractivity contribution < 1.29 is 0 Å². The van der Waals surface area contributed by atoms with Crippen LogP contribution < -0.4 is 15.8 Å². The third kappa shape index (κ3) is 3.34. The minimum atomic E-state index is 0.626. The number of nitrogens with one attached hydrogen (secondary N) is 2. The van der Waals surface area contributed by atoms with E-state index in [9.17, 15) is 0 Å². The van der Waals surface area contributed by atoms with Gasteiger partial charge in [-0.2, -0.15) is 0 Å². The van der Waals surface area contributed by atoms with E-state index >= 15 is 0 Å². The lowest BCUT2D eigenvalue weighted by Crippen LogP contribution is -2.44. The Kier molecular flexibility index (Phi) is 4.66. The highest BCUT2D eigenvalue weighted by molar-refractivity contribution is 6.30. The molecule has 2 aliphatic rings. The molecule has 0 unspecified atom stereocenters. The first kappa shape index (κ1) is 17.8. The third-order valence-corrected chi connectivity index (χ3v) is 6.09. The molecule has 0 spiro atoms. The SMILES string of the molecule is C[C@@H]1C[C@H](C2CNNC2)CN(c2nccc(-c3cnc4ccc(Cl)cn34)n2)C1. The molecule has 2 saturated heterocycles. The van der Waals surface area contributed by atoms with Crippen LogP contribution >= 0.6 is 11.6 Å². The van der Waals surface area contributed by atoms with Gasteiger partial charge in [-0.15, -0.1) is 0 Å². The smallest absolute Gasteiger partial charge is 0.225 e. The lowest BCUT2D eigenvalue weighted by atomic mass is 9.82. The summed E-state index contributed by atoms with van der Waals surface area (Å²) in [6, 6.07) is 5.69. The molecule has 2 aliphatic heterocycles. The van der Waals surface area contributed by atoms with Gasteiger partial charge < -0.3 is 4.90 Å². The number of rotatable bonds is 3. The average Bonchev–Trinajstić information content (AvgIpc) is 3.37. The molecule has 2 atom stereocenters. The molecule has 0 radical (unpaired) electrons. The number of aromatic nitrogens is 4. The predicted molar refractivity (Wildman–Crippen MR) is 110 cm³/mol. The van der Waals surface area contributed by atoms with Crippen molar-refractivity contribution in [3.8, 4) is 11.4 Å². The van der Waals surface area contributed by atoms with Crippen molar-refractivity contribution in [1.82, 2.24) is 30.2 Å². The summed E-state index contributed by atoms with van der Waals surface area (Å²) >= 11 is 6.18. The zero-order valence-electron chi connectivity index (χ0n) is 15.8. The summed E-state index contributed by atoms with van der Waals surface area (Å²) in [5, 5.41) is 0.674. The van der Waals surface area contributed by atoms with E-state index < -0.39 is 0 Å². The molecule has 0 saturated carbocycles. The third-order valence-electron chi connectivity index (χ3n) is 5.87. The first-order valence-corrected chi connectivity index (χ1v) is 10.2. The second-order valence-corrected chi connectivity index (χ2v) is 8.43. The highest BCUT2D eigenvalue weighted by Crippen LogP contribution is 2.31. The molecule has 5 rings (SSSR count). The largest absolute Gasteiger partial charge is 0.340 e. The van der Waals surface area contributed by atoms with Crippen molar-refractivity contribution in [1.29, 1.82) is 0 Å². The molecule has 3 aromatic heterocycles. The molecule has 0 bridgehead atoms. The van der Waals surface area contributed by atoms with Gasteiger partial charge in [0.2, 0.25) is 5.95 Å². The summed E-state index contributed by atoms with van der Waals surface area (Å²) in [6.45, 7) is 6.39. The highest BCUT2D eigenvalue weighted by Gasteiger charge is 2.33. The number of pyridine rings is 1. The maximum atomic E-state index is 6.18. The summed E-state index contributed by atoms with van der Waals surface area (Å²) in [5.74, 6) is 2.73. The normalized spacial score (nSPS) is 23.6. The number of hydrogen-bond acceptors (Lipinski definition) is 6. The molecule has 7 nitrogen and oxygen atoms in total. The Morgan fingerprint density at radius 1 is 1.07 bits per heavy atom. The van der Waals surface area contributed by atoms with E-state index in [4.69, 9.17) is 16.6 Å². The standard InChI is InChI=1S/C20H24ClN7/c1-13-6-14(15-7-24-25-8-15)11-27(10-13)20-22-5-4-17(26-20)18-9-23-19-3-2-16(21)12-28(18)19/h2-5,9,12-15,24-25H,6-8,10-11H2,1H3/t13-,14+/m1/s1. The quantitative estimate of drug-likeness (QED) is 0.708. The Balaban J connectivity index is 1.45. The van der Waals surface area contributed by atoms with Gasteiger partial charge in [0.15, 0.2) is 0 Å². The minimum Gasteiger partial charge on any atom is -0.340 e. The van der Waals surface area contributed by atoms with Gasteiger partial charge in [0.25, 0.3) is 0 Å². The molecule has 5 heterocycles. The van der Waals surface area contributed by atoms with Gasteiger partial charge >= 0.3 is 0 Å². The molecular formula is C20H24ClN7. The Hall–Kier alpha value is -2.22. The molecular weight excluding hydrogens is 374 g/mol. The molecule has 2 fully saturated rings. The van der Waals surface area contributed by atoms with Crippen molar-refractivity contribution in [2.24, 2.45) is 17.8 Å². The molecule has 2 N–H and O–H groups in total. The molecule has 28 heavy (non-hydrogen) atoms. The van der Waals surface area contributed by atoms with Crippen molar-refractivity contribution in [3.05, 3.63) is 41.8 Å². The highest BCUT2D eigenvalue weighted by atomic mass is 35.5. The molecule has 8 heteroatoms. The van der Waals surface area contributed by atoms with Crippen LogP contribution in [0.3, 0.4) is 0 Å². The monoisotopic (exact) mass is 397 g/mol.